The molecule has 0 fully saturated rings. The Labute approximate surface area is 580 Å². The summed E-state index contributed by atoms with van der Waals surface area (Å²) in [5, 5.41) is 22.5. The molecule has 0 bridgehead atoms. The summed E-state index contributed by atoms with van der Waals surface area (Å²) in [4.78, 5) is 20.9. The lowest BCUT2D eigenvalue weighted by Gasteiger charge is -2.15. The van der Waals surface area contributed by atoms with Gasteiger partial charge < -0.3 is 9.13 Å². The number of nitrogens with zero attached hydrogens (tertiary/aromatic N) is 6. The molecule has 100 heavy (non-hydrogen) atoms. The Morgan fingerprint density at radius 1 is 0.220 bits per heavy atom. The molecule has 464 valence electrons. The van der Waals surface area contributed by atoms with Crippen LogP contribution in [0.4, 0.5) is 0 Å². The van der Waals surface area contributed by atoms with Crippen LogP contribution in [0, 0.1) is 0 Å². The first-order valence-electron chi connectivity index (χ1n) is 33.9. The van der Waals surface area contributed by atoms with Crippen molar-refractivity contribution in [3.05, 3.63) is 328 Å². The van der Waals surface area contributed by atoms with Crippen molar-refractivity contribution < 1.29 is 0 Å². The molecular formula is C92H54N6S2. The van der Waals surface area contributed by atoms with Crippen molar-refractivity contribution in [2.24, 2.45) is 0 Å². The van der Waals surface area contributed by atoms with E-state index in [-0.39, 0.29) is 0 Å². The first kappa shape index (κ1) is 56.5. The number of hydrogen-bond donors (Lipinski definition) is 0. The lowest BCUT2D eigenvalue weighted by Crippen LogP contribution is -1.98. The highest BCUT2D eigenvalue weighted by Gasteiger charge is 2.25. The van der Waals surface area contributed by atoms with E-state index in [0.717, 1.165) is 78.0 Å². The zero-order valence-electron chi connectivity index (χ0n) is 53.7. The van der Waals surface area contributed by atoms with E-state index in [2.05, 4.69) is 325 Å². The summed E-state index contributed by atoms with van der Waals surface area (Å²) < 4.78 is 10.2. The highest BCUT2D eigenvalue weighted by Crippen LogP contribution is 2.51. The van der Waals surface area contributed by atoms with Gasteiger partial charge in [0, 0.05) is 102 Å². The van der Waals surface area contributed by atoms with Gasteiger partial charge in [0.15, 0.2) is 11.6 Å². The minimum atomic E-state index is 0.716. The fourth-order valence-electron chi connectivity index (χ4n) is 16.0. The smallest absolute Gasteiger partial charge is 0.160 e. The standard InChI is InChI=1S/C50H29N3S.C42H25N3S/c1-2-14-30(15-3-1)46-45-35-18-6-4-16-33(35)34-17-5-9-21-38(34)47(45)52-50(51-46)31-26-28-32(29-27-31)53-41-24-12-10-22-39(41)43-36-19-7-8-20-37(36)44-40-23-11-13-25-42(40)54-49(44)48(43)53;1-2-12-26(13-3-1)39-31-16-6-9-19-34(31)43-42(44-39)27-22-24-28(25-23-27)45-35-20-10-7-17-32(35)37-29-14-4-5-15-30(29)38-33-18-8-11-21-36(33)46-41(38)40(37)45/h1-29H;1-25H. The van der Waals surface area contributed by atoms with Gasteiger partial charge in [-0.05, 0) is 117 Å². The summed E-state index contributed by atoms with van der Waals surface area (Å²) in [6, 6.07) is 117. The average molecular weight is 1310 g/mol. The van der Waals surface area contributed by atoms with Crippen LogP contribution < -0.4 is 0 Å². The number of fused-ring (bicyclic) bond motifs is 27. The Morgan fingerprint density at radius 2 is 0.570 bits per heavy atom. The third-order valence-electron chi connectivity index (χ3n) is 20.3. The molecule has 0 saturated carbocycles. The Bertz CT molecular complexity index is 7130. The van der Waals surface area contributed by atoms with Crippen molar-refractivity contribution >= 4 is 172 Å². The Morgan fingerprint density at radius 3 is 1.07 bits per heavy atom. The summed E-state index contributed by atoms with van der Waals surface area (Å²) in [7, 11) is 0. The number of aromatic nitrogens is 6. The van der Waals surface area contributed by atoms with Crippen molar-refractivity contribution in [2.75, 3.05) is 0 Å². The van der Waals surface area contributed by atoms with Crippen LogP contribution in [-0.4, -0.2) is 29.1 Å². The van der Waals surface area contributed by atoms with E-state index in [1.165, 1.54) is 122 Å². The lowest BCUT2D eigenvalue weighted by atomic mass is 9.94. The first-order chi connectivity index (χ1) is 49.6. The van der Waals surface area contributed by atoms with Gasteiger partial charge in [0.1, 0.15) is 0 Å². The predicted molar refractivity (Wildman–Crippen MR) is 425 cm³/mol. The predicted octanol–water partition coefficient (Wildman–Crippen LogP) is 25.5. The molecule has 6 nitrogen and oxygen atoms in total. The highest BCUT2D eigenvalue weighted by molar-refractivity contribution is 7.27. The Hall–Kier alpha value is -12.7. The number of para-hydroxylation sites is 3. The molecule has 8 heteroatoms. The van der Waals surface area contributed by atoms with Crippen LogP contribution in [0.15, 0.2) is 328 Å². The topological polar surface area (TPSA) is 61.4 Å². The largest absolute Gasteiger partial charge is 0.308 e. The van der Waals surface area contributed by atoms with Gasteiger partial charge in [-0.1, -0.05) is 249 Å². The molecular weight excluding hydrogens is 1250 g/mol. The van der Waals surface area contributed by atoms with Crippen molar-refractivity contribution in [1.82, 2.24) is 29.1 Å². The summed E-state index contributed by atoms with van der Waals surface area (Å²) in [5.74, 6) is 1.44. The summed E-state index contributed by atoms with van der Waals surface area (Å²) in [6.45, 7) is 0. The Kier molecular flexibility index (Phi) is 12.7. The maximum Gasteiger partial charge on any atom is 0.160 e. The number of thiophene rings is 2. The molecule has 0 aliphatic carbocycles. The third-order valence-corrected chi connectivity index (χ3v) is 22.7. The molecule has 0 aliphatic heterocycles. The number of rotatable bonds is 6. The van der Waals surface area contributed by atoms with E-state index in [4.69, 9.17) is 19.9 Å². The van der Waals surface area contributed by atoms with Gasteiger partial charge in [-0.3, -0.25) is 0 Å². The monoisotopic (exact) mass is 1310 g/mol. The quantitative estimate of drug-likeness (QED) is 0.156. The number of benzene rings is 16. The van der Waals surface area contributed by atoms with E-state index < -0.39 is 0 Å². The second-order valence-electron chi connectivity index (χ2n) is 25.8. The molecule has 6 aromatic heterocycles. The molecule has 0 radical (unpaired) electrons. The van der Waals surface area contributed by atoms with Gasteiger partial charge in [0.05, 0.1) is 53.9 Å². The van der Waals surface area contributed by atoms with Gasteiger partial charge in [0.2, 0.25) is 0 Å². The van der Waals surface area contributed by atoms with Crippen molar-refractivity contribution in [1.29, 1.82) is 0 Å². The fraction of sp³-hybridized carbons (Fsp3) is 0. The van der Waals surface area contributed by atoms with Crippen LogP contribution in [0.2, 0.25) is 0 Å². The molecule has 16 aromatic carbocycles. The van der Waals surface area contributed by atoms with Crippen LogP contribution in [0.3, 0.4) is 0 Å². The van der Waals surface area contributed by atoms with Gasteiger partial charge in [-0.15, -0.1) is 22.7 Å². The number of hydrogen-bond acceptors (Lipinski definition) is 6. The van der Waals surface area contributed by atoms with Gasteiger partial charge in [-0.25, -0.2) is 19.9 Å². The molecule has 0 saturated heterocycles. The fourth-order valence-corrected chi connectivity index (χ4v) is 18.6. The molecule has 0 amide bonds. The minimum Gasteiger partial charge on any atom is -0.308 e. The van der Waals surface area contributed by atoms with E-state index in [1.807, 2.05) is 34.8 Å². The van der Waals surface area contributed by atoms with Crippen LogP contribution in [0.5, 0.6) is 0 Å². The zero-order valence-corrected chi connectivity index (χ0v) is 55.3. The molecule has 6 heterocycles. The summed E-state index contributed by atoms with van der Waals surface area (Å²) >= 11 is 3.78. The van der Waals surface area contributed by atoms with Crippen LogP contribution in [0.25, 0.3) is 206 Å². The molecule has 0 spiro atoms. The van der Waals surface area contributed by atoms with Crippen LogP contribution in [-0.2, 0) is 0 Å². The summed E-state index contributed by atoms with van der Waals surface area (Å²) in [5.41, 5.74) is 15.1. The zero-order chi connectivity index (χ0) is 65.5. The minimum absolute atomic E-state index is 0.716. The van der Waals surface area contributed by atoms with E-state index in [1.54, 1.807) is 0 Å². The first-order valence-corrected chi connectivity index (χ1v) is 35.5. The summed E-state index contributed by atoms with van der Waals surface area (Å²) in [6.07, 6.45) is 0. The van der Waals surface area contributed by atoms with E-state index in [9.17, 15) is 0 Å². The van der Waals surface area contributed by atoms with Gasteiger partial charge in [0.25, 0.3) is 0 Å². The normalized spacial score (nSPS) is 12.0. The molecule has 0 unspecified atom stereocenters. The molecule has 22 rings (SSSR count). The lowest BCUT2D eigenvalue weighted by molar-refractivity contribution is 1.18. The molecule has 0 N–H and O–H groups in total. The molecule has 0 aliphatic rings. The molecule has 0 atom stereocenters. The maximum absolute atomic E-state index is 5.39. The van der Waals surface area contributed by atoms with Crippen molar-refractivity contribution in [3.63, 3.8) is 0 Å². The third kappa shape index (κ3) is 8.54. The van der Waals surface area contributed by atoms with E-state index >= 15 is 0 Å². The SMILES string of the molecule is c1ccc(-c2nc(-c3ccc(-n4c5ccccc5c5c6ccccc6c6c7ccccc7sc6c54)cc3)nc3c4ccccc4c4ccccc4c23)cc1.c1ccc(-c2nc(-c3ccc(-n4c5ccccc5c5c6ccccc6c6c7ccccc7sc6c54)cc3)nc3ccccc23)cc1. The molecule has 22 aromatic rings. The van der Waals surface area contributed by atoms with Gasteiger partial charge >= 0.3 is 0 Å². The van der Waals surface area contributed by atoms with Crippen LogP contribution >= 0.6 is 22.7 Å². The Balaban J connectivity index is 0.000000133. The van der Waals surface area contributed by atoms with Gasteiger partial charge in [-0.2, -0.15) is 0 Å². The maximum atomic E-state index is 5.39. The second kappa shape index (κ2) is 22.4. The highest BCUT2D eigenvalue weighted by atomic mass is 32.1. The van der Waals surface area contributed by atoms with E-state index in [0.29, 0.717) is 5.82 Å². The van der Waals surface area contributed by atoms with Crippen molar-refractivity contribution in [3.8, 4) is 56.7 Å². The second-order valence-corrected chi connectivity index (χ2v) is 27.9. The van der Waals surface area contributed by atoms with Crippen molar-refractivity contribution in [2.45, 2.75) is 0 Å². The average Bonchev–Trinajstić information content (AvgIpc) is 1.53. The van der Waals surface area contributed by atoms with Crippen LogP contribution in [0.1, 0.15) is 0 Å².